The van der Waals surface area contributed by atoms with E-state index >= 15 is 0 Å². The van der Waals surface area contributed by atoms with Crippen molar-refractivity contribution >= 4 is 0 Å². The second-order valence-electron chi connectivity index (χ2n) is 2.87. The van der Waals surface area contributed by atoms with E-state index in [2.05, 4.69) is 35.6 Å². The molecule has 0 aromatic carbocycles. The summed E-state index contributed by atoms with van der Waals surface area (Å²) in [4.78, 5) is 4.18. The number of aromatic nitrogens is 2. The summed E-state index contributed by atoms with van der Waals surface area (Å²) in [6, 6.07) is 0. The number of hydrogen-bond acceptors (Lipinski definition) is 2. The molecule has 0 saturated heterocycles. The van der Waals surface area contributed by atoms with Crippen LogP contribution >= 0.6 is 0 Å². The standard InChI is InChI=1S/C7H13N3.C3H8.C2H6/c1-3-10-5-4-9-7(10)6-8-2;1-3-2;1-2/h4-5,8H,3,6H2,1-2H3;3H2,1-2H3;1-2H3. The highest BCUT2D eigenvalue weighted by Gasteiger charge is 1.96. The highest BCUT2D eigenvalue weighted by molar-refractivity contribution is 4.90. The lowest BCUT2D eigenvalue weighted by Gasteiger charge is -2.01. The molecule has 1 N–H and O–H groups in total. The van der Waals surface area contributed by atoms with Crippen molar-refractivity contribution in [1.82, 2.24) is 14.9 Å². The number of aryl methyl sites for hydroxylation is 1. The smallest absolute Gasteiger partial charge is 0.122 e. The maximum atomic E-state index is 4.18. The molecule has 0 radical (unpaired) electrons. The van der Waals surface area contributed by atoms with Crippen LogP contribution in [0, 0.1) is 0 Å². The highest BCUT2D eigenvalue weighted by atomic mass is 15.1. The van der Waals surface area contributed by atoms with Crippen LogP contribution in [0.1, 0.15) is 46.9 Å². The molecule has 0 saturated carbocycles. The monoisotopic (exact) mass is 213 g/mol. The van der Waals surface area contributed by atoms with Gasteiger partial charge in [-0.2, -0.15) is 0 Å². The number of rotatable bonds is 3. The summed E-state index contributed by atoms with van der Waals surface area (Å²) in [7, 11) is 1.93. The molecule has 0 aliphatic rings. The van der Waals surface area contributed by atoms with Gasteiger partial charge in [0.2, 0.25) is 0 Å². The summed E-state index contributed by atoms with van der Waals surface area (Å²) in [5.74, 6) is 1.10. The Hall–Kier alpha value is -0.830. The lowest BCUT2D eigenvalue weighted by molar-refractivity contribution is 0.657. The van der Waals surface area contributed by atoms with Crippen LogP contribution in [0.4, 0.5) is 0 Å². The zero-order valence-corrected chi connectivity index (χ0v) is 11.2. The summed E-state index contributed by atoms with van der Waals surface area (Å²) in [5, 5.41) is 3.06. The van der Waals surface area contributed by atoms with Crippen LogP contribution in [0.15, 0.2) is 12.4 Å². The van der Waals surface area contributed by atoms with Crippen molar-refractivity contribution in [1.29, 1.82) is 0 Å². The van der Waals surface area contributed by atoms with Crippen LogP contribution in [-0.4, -0.2) is 16.6 Å². The van der Waals surface area contributed by atoms with Gasteiger partial charge in [0.25, 0.3) is 0 Å². The quantitative estimate of drug-likeness (QED) is 0.836. The molecule has 0 fully saturated rings. The van der Waals surface area contributed by atoms with Gasteiger partial charge < -0.3 is 9.88 Å². The Bertz CT molecular complexity index is 206. The second-order valence-corrected chi connectivity index (χ2v) is 2.87. The van der Waals surface area contributed by atoms with Crippen LogP contribution in [0.25, 0.3) is 0 Å². The van der Waals surface area contributed by atoms with Gasteiger partial charge >= 0.3 is 0 Å². The molecule has 1 rings (SSSR count). The average molecular weight is 213 g/mol. The average Bonchev–Trinajstić information content (AvgIpc) is 2.70. The molecule has 0 spiro atoms. The number of nitrogens with one attached hydrogen (secondary N) is 1. The van der Waals surface area contributed by atoms with Crippen molar-refractivity contribution in [3.05, 3.63) is 18.2 Å². The summed E-state index contributed by atoms with van der Waals surface area (Å²) in [6.45, 7) is 12.2. The van der Waals surface area contributed by atoms with E-state index in [1.807, 2.05) is 33.3 Å². The van der Waals surface area contributed by atoms with Gasteiger partial charge in [-0.1, -0.05) is 34.1 Å². The Morgan fingerprint density at radius 1 is 1.27 bits per heavy atom. The number of imidazole rings is 1. The summed E-state index contributed by atoms with van der Waals surface area (Å²) < 4.78 is 2.12. The molecule has 0 aliphatic heterocycles. The third-order valence-electron chi connectivity index (χ3n) is 1.48. The van der Waals surface area contributed by atoms with Gasteiger partial charge in [0.05, 0.1) is 6.54 Å². The minimum Gasteiger partial charge on any atom is -0.334 e. The molecule has 3 nitrogen and oxygen atoms in total. The third-order valence-corrected chi connectivity index (χ3v) is 1.48. The number of hydrogen-bond donors (Lipinski definition) is 1. The van der Waals surface area contributed by atoms with Crippen molar-refractivity contribution in [3.63, 3.8) is 0 Å². The summed E-state index contributed by atoms with van der Waals surface area (Å²) >= 11 is 0. The van der Waals surface area contributed by atoms with E-state index < -0.39 is 0 Å². The van der Waals surface area contributed by atoms with Crippen LogP contribution in [0.3, 0.4) is 0 Å². The van der Waals surface area contributed by atoms with Gasteiger partial charge in [-0.15, -0.1) is 0 Å². The first kappa shape index (κ1) is 16.6. The van der Waals surface area contributed by atoms with E-state index in [1.54, 1.807) is 0 Å². The molecule has 15 heavy (non-hydrogen) atoms. The Labute approximate surface area is 94.9 Å². The van der Waals surface area contributed by atoms with Crippen molar-refractivity contribution < 1.29 is 0 Å². The highest BCUT2D eigenvalue weighted by Crippen LogP contribution is 1.95. The Morgan fingerprint density at radius 3 is 2.20 bits per heavy atom. The second kappa shape index (κ2) is 13.2. The minimum atomic E-state index is 0.848. The van der Waals surface area contributed by atoms with Crippen LogP contribution in [-0.2, 0) is 13.1 Å². The van der Waals surface area contributed by atoms with Crippen LogP contribution < -0.4 is 5.32 Å². The summed E-state index contributed by atoms with van der Waals surface area (Å²) in [5.41, 5.74) is 0. The molecule has 1 heterocycles. The fourth-order valence-corrected chi connectivity index (χ4v) is 0.953. The van der Waals surface area contributed by atoms with Crippen molar-refractivity contribution in [3.8, 4) is 0 Å². The topological polar surface area (TPSA) is 29.9 Å². The maximum absolute atomic E-state index is 4.18. The SMILES string of the molecule is CC.CCC.CCn1ccnc1CNC. The molecule has 3 heteroatoms. The molecule has 0 atom stereocenters. The molecule has 0 bridgehead atoms. The van der Waals surface area contributed by atoms with Gasteiger partial charge in [-0.05, 0) is 14.0 Å². The zero-order chi connectivity index (χ0) is 12.1. The fourth-order valence-electron chi connectivity index (χ4n) is 0.953. The van der Waals surface area contributed by atoms with E-state index in [-0.39, 0.29) is 0 Å². The van der Waals surface area contributed by atoms with Crippen LogP contribution in [0.2, 0.25) is 0 Å². The molecule has 0 aliphatic carbocycles. The Balaban J connectivity index is 0. The van der Waals surface area contributed by atoms with Crippen LogP contribution in [0.5, 0.6) is 0 Å². The van der Waals surface area contributed by atoms with Crippen molar-refractivity contribution in [2.24, 2.45) is 0 Å². The first-order valence-corrected chi connectivity index (χ1v) is 5.94. The number of nitrogens with zero attached hydrogens (tertiary/aromatic N) is 2. The first-order valence-electron chi connectivity index (χ1n) is 5.94. The van der Waals surface area contributed by atoms with Gasteiger partial charge in [-0.25, -0.2) is 4.98 Å². The van der Waals surface area contributed by atoms with Gasteiger partial charge in [0, 0.05) is 18.9 Å². The molecule has 0 unspecified atom stereocenters. The molecule has 1 aromatic heterocycles. The minimum absolute atomic E-state index is 0.848. The molecule has 1 aromatic rings. The Kier molecular flexibility index (Phi) is 14.6. The van der Waals surface area contributed by atoms with Gasteiger partial charge in [0.1, 0.15) is 5.82 Å². The predicted molar refractivity (Wildman–Crippen MR) is 68.0 cm³/mol. The van der Waals surface area contributed by atoms with Gasteiger partial charge in [-0.3, -0.25) is 0 Å². The lowest BCUT2D eigenvalue weighted by atomic mass is 10.5. The van der Waals surface area contributed by atoms with E-state index in [9.17, 15) is 0 Å². The third kappa shape index (κ3) is 8.18. The van der Waals surface area contributed by atoms with E-state index in [0.29, 0.717) is 0 Å². The molecule has 90 valence electrons. The molecular formula is C12H27N3. The maximum Gasteiger partial charge on any atom is 0.122 e. The van der Waals surface area contributed by atoms with Crippen molar-refractivity contribution in [2.45, 2.75) is 54.1 Å². The van der Waals surface area contributed by atoms with E-state index in [4.69, 9.17) is 0 Å². The lowest BCUT2D eigenvalue weighted by Crippen LogP contribution is -2.11. The van der Waals surface area contributed by atoms with E-state index in [1.165, 1.54) is 6.42 Å². The van der Waals surface area contributed by atoms with Crippen molar-refractivity contribution in [2.75, 3.05) is 7.05 Å². The fraction of sp³-hybridized carbons (Fsp3) is 0.750. The summed E-state index contributed by atoms with van der Waals surface area (Å²) in [6.07, 6.45) is 5.07. The zero-order valence-electron chi connectivity index (χ0n) is 11.2. The molecule has 0 amide bonds. The first-order chi connectivity index (χ1) is 7.29. The van der Waals surface area contributed by atoms with E-state index in [0.717, 1.165) is 18.9 Å². The molecular weight excluding hydrogens is 186 g/mol. The predicted octanol–water partition coefficient (Wildman–Crippen LogP) is 3.06. The normalized spacial score (nSPS) is 8.40. The largest absolute Gasteiger partial charge is 0.334 e. The van der Waals surface area contributed by atoms with Gasteiger partial charge in [0.15, 0.2) is 0 Å². The Morgan fingerprint density at radius 2 is 1.80 bits per heavy atom.